The van der Waals surface area contributed by atoms with Crippen LogP contribution in [0.15, 0.2) is 87.9 Å². The van der Waals surface area contributed by atoms with E-state index in [0.717, 1.165) is 22.3 Å². The largest absolute Gasteiger partial charge is 0.452 e. The Morgan fingerprint density at radius 2 is 1.68 bits per heavy atom. The summed E-state index contributed by atoms with van der Waals surface area (Å²) in [6.07, 6.45) is 16.4. The summed E-state index contributed by atoms with van der Waals surface area (Å²) in [6.45, 7) is 31.3. The van der Waals surface area contributed by atoms with Gasteiger partial charge in [0.15, 0.2) is 26.3 Å². The van der Waals surface area contributed by atoms with E-state index in [-0.39, 0.29) is 34.7 Å². The first kappa shape index (κ1) is 51.5. The van der Waals surface area contributed by atoms with Crippen LogP contribution in [0.3, 0.4) is 0 Å². The molecule has 9 nitrogen and oxygen atoms in total. The highest BCUT2D eigenvalue weighted by Gasteiger charge is 2.39. The van der Waals surface area contributed by atoms with Crippen molar-refractivity contribution >= 4 is 37.5 Å². The molecule has 0 saturated heterocycles. The fourth-order valence-electron chi connectivity index (χ4n) is 6.44. The average molecular weight is 851 g/mol. The number of rotatable bonds is 8. The number of carbonyl (C=O) groups excluding carboxylic acids is 3. The summed E-state index contributed by atoms with van der Waals surface area (Å²) < 4.78 is 24.9. The maximum absolute atomic E-state index is 13.9. The van der Waals surface area contributed by atoms with Crippen LogP contribution in [-0.2, 0) is 28.2 Å². The number of methoxy groups -OCH3 is 1. The number of nitrogens with one attached hydrogen (secondary N) is 1. The van der Waals surface area contributed by atoms with Gasteiger partial charge in [-0.25, -0.2) is 14.6 Å². The van der Waals surface area contributed by atoms with E-state index in [1.54, 1.807) is 20.1 Å². The average Bonchev–Trinajstić information content (AvgIpc) is 3.63. The summed E-state index contributed by atoms with van der Waals surface area (Å²) in [7, 11) is 0.974. The van der Waals surface area contributed by atoms with Crippen LogP contribution in [0.4, 0.5) is 4.79 Å². The number of hydrogen-bond donors (Lipinski definition) is 1. The van der Waals surface area contributed by atoms with Gasteiger partial charge in [-0.1, -0.05) is 121 Å². The lowest BCUT2D eigenvalue weighted by atomic mass is 9.93. The Morgan fingerprint density at radius 3 is 2.27 bits per heavy atom. The highest BCUT2D eigenvalue weighted by molar-refractivity contribution is 7.09. The van der Waals surface area contributed by atoms with Gasteiger partial charge in [0.05, 0.1) is 17.9 Å². The molecule has 328 valence electrons. The molecule has 0 unspecified atom stereocenters. The summed E-state index contributed by atoms with van der Waals surface area (Å²) >= 11 is 1.38. The smallest absolute Gasteiger partial charge is 0.407 e. The Kier molecular flexibility index (Phi) is 20.4. The monoisotopic (exact) mass is 850 g/mol. The number of cyclic esters (lactones) is 1. The fourth-order valence-corrected chi connectivity index (χ4v) is 8.64. The lowest BCUT2D eigenvalue weighted by Crippen LogP contribution is -2.44. The molecule has 1 aliphatic rings. The molecule has 0 aliphatic carbocycles. The van der Waals surface area contributed by atoms with Crippen LogP contribution in [0.2, 0.25) is 18.1 Å². The number of ether oxygens (including phenoxy) is 3. The predicted octanol–water partition coefficient (Wildman–Crippen LogP) is 12.3. The first-order chi connectivity index (χ1) is 27.4. The van der Waals surface area contributed by atoms with Gasteiger partial charge >= 0.3 is 12.1 Å². The van der Waals surface area contributed by atoms with E-state index in [2.05, 4.69) is 92.0 Å². The van der Waals surface area contributed by atoms with Gasteiger partial charge in [0.2, 0.25) is 0 Å². The van der Waals surface area contributed by atoms with Crippen molar-refractivity contribution in [1.82, 2.24) is 10.3 Å². The number of amides is 1. The van der Waals surface area contributed by atoms with E-state index in [1.807, 2.05) is 63.5 Å². The van der Waals surface area contributed by atoms with E-state index >= 15 is 0 Å². The van der Waals surface area contributed by atoms with E-state index < -0.39 is 44.6 Å². The van der Waals surface area contributed by atoms with Crippen molar-refractivity contribution in [3.05, 3.63) is 98.6 Å². The summed E-state index contributed by atoms with van der Waals surface area (Å²) in [4.78, 5) is 44.5. The summed E-state index contributed by atoms with van der Waals surface area (Å²) in [6, 6.07) is 0. The quantitative estimate of drug-likeness (QED) is 0.156. The number of hydrogen-bond acceptors (Lipinski definition) is 9. The van der Waals surface area contributed by atoms with Crippen molar-refractivity contribution in [3.8, 4) is 0 Å². The van der Waals surface area contributed by atoms with Crippen LogP contribution in [-0.4, -0.2) is 57.5 Å². The lowest BCUT2D eigenvalue weighted by Gasteiger charge is -2.40. The van der Waals surface area contributed by atoms with Crippen molar-refractivity contribution in [3.63, 3.8) is 0 Å². The molecule has 11 heteroatoms. The molecule has 0 fully saturated rings. The minimum atomic E-state index is -2.16. The number of thiazole rings is 1. The standard InChI is InChI=1S/C48H74N2O7SSi/c1-30(2)25-42(55-47(53)49-14)45-50-39(29-58-45)44-35(7)20-18-19-34(6)43(54-15)38(10)40(51)24-22-31(3)26-33(5)27-37(9)41(57-59(16,17)48(11,12)13)28-32(4)21-23-36(8)46(52)56-44/h18-20,22-24,26-30,35,37-38,41-44H,21,25H2,1-17H3,(H,49,53)/b20-18+,24-22+,31-26-,32-28+,33-27-,34-19+,36-23+/t35-,37-,38-,41+,42-,43+,44-/m0/s1. The molecule has 59 heavy (non-hydrogen) atoms. The second-order valence-electron chi connectivity index (χ2n) is 18.2. The van der Waals surface area contributed by atoms with Gasteiger partial charge in [-0.15, -0.1) is 11.3 Å². The molecule has 1 aromatic rings. The maximum atomic E-state index is 13.9. The van der Waals surface area contributed by atoms with Gasteiger partial charge in [-0.2, -0.15) is 0 Å². The molecule has 2 rings (SSSR count). The van der Waals surface area contributed by atoms with Gasteiger partial charge in [-0.05, 0) is 83.2 Å². The molecule has 2 heterocycles. The third-order valence-corrected chi connectivity index (χ3v) is 16.5. The predicted molar refractivity (Wildman–Crippen MR) is 246 cm³/mol. The third kappa shape index (κ3) is 16.4. The Bertz CT molecular complexity index is 1810. The SMILES string of the molecule is CNC(=O)O[C@@H](CC(C)C)c1nc([C@H]2OC(=O)/C(C)=C/C/C(C)=C/[C@@H](O[Si](C)(C)C(C)(C)C)[C@@H](C)\C=C(C)/C=C(C)\C=C\C(=O)[C@H](C)[C@H](OC)/C(C)=C/C=C/[C@@H]2C)cs1. The number of aromatic nitrogens is 1. The minimum Gasteiger partial charge on any atom is -0.452 e. The number of allylic oxidation sites excluding steroid dienone is 9. The van der Waals surface area contributed by atoms with E-state index in [4.69, 9.17) is 23.6 Å². The van der Waals surface area contributed by atoms with Crippen LogP contribution in [0.1, 0.15) is 126 Å². The molecule has 0 spiro atoms. The highest BCUT2D eigenvalue weighted by Crippen LogP contribution is 2.39. The Balaban J connectivity index is 2.74. The molecule has 0 radical (unpaired) electrons. The molecule has 1 aliphatic heterocycles. The van der Waals surface area contributed by atoms with Crippen molar-refractivity contribution in [2.75, 3.05) is 14.2 Å². The zero-order valence-corrected chi connectivity index (χ0v) is 40.8. The van der Waals surface area contributed by atoms with Crippen molar-refractivity contribution in [1.29, 1.82) is 0 Å². The van der Waals surface area contributed by atoms with E-state index in [1.165, 1.54) is 18.4 Å². The first-order valence-corrected chi connectivity index (χ1v) is 24.7. The fraction of sp³-hybridized carbons (Fsp3) is 0.583. The molecule has 1 aromatic heterocycles. The second kappa shape index (κ2) is 23.4. The summed E-state index contributed by atoms with van der Waals surface area (Å²) in [5, 5.41) is 5.05. The van der Waals surface area contributed by atoms with Gasteiger partial charge in [-0.3, -0.25) is 4.79 Å². The van der Waals surface area contributed by atoms with Crippen LogP contribution in [0.25, 0.3) is 0 Å². The molecule has 1 amide bonds. The number of carbonyl (C=O) groups is 3. The number of ketones is 1. The van der Waals surface area contributed by atoms with Gasteiger partial charge in [0.1, 0.15) is 5.01 Å². The van der Waals surface area contributed by atoms with Crippen molar-refractivity contribution in [2.24, 2.45) is 23.7 Å². The molecule has 1 N–H and O–H groups in total. The normalized spacial score (nSPS) is 30.0. The number of nitrogens with zero attached hydrogens (tertiary/aromatic N) is 1. The van der Waals surface area contributed by atoms with Gasteiger partial charge in [0, 0.05) is 42.9 Å². The second-order valence-corrected chi connectivity index (χ2v) is 23.8. The minimum absolute atomic E-state index is 0.0146. The lowest BCUT2D eigenvalue weighted by molar-refractivity contribution is -0.146. The topological polar surface area (TPSA) is 113 Å². The van der Waals surface area contributed by atoms with Crippen LogP contribution < -0.4 is 5.32 Å². The third-order valence-electron chi connectivity index (χ3n) is 11.1. The van der Waals surface area contributed by atoms with Crippen molar-refractivity contribution in [2.45, 2.75) is 145 Å². The zero-order chi connectivity index (χ0) is 44.8. The van der Waals surface area contributed by atoms with E-state index in [9.17, 15) is 14.4 Å². The van der Waals surface area contributed by atoms with Gasteiger partial charge in [0.25, 0.3) is 0 Å². The molecular formula is C48H74N2O7SSi. The summed E-state index contributed by atoms with van der Waals surface area (Å²) in [5.41, 5.74) is 5.06. The molecule has 0 bridgehead atoms. The Hall–Kier alpha value is -3.64. The summed E-state index contributed by atoms with van der Waals surface area (Å²) in [5.74, 6) is -0.912. The molecule has 7 atom stereocenters. The van der Waals surface area contributed by atoms with Gasteiger partial charge < -0.3 is 24.0 Å². The first-order valence-electron chi connectivity index (χ1n) is 20.9. The maximum Gasteiger partial charge on any atom is 0.407 e. The van der Waals surface area contributed by atoms with E-state index in [0.29, 0.717) is 29.1 Å². The van der Waals surface area contributed by atoms with Crippen molar-refractivity contribution < 1.29 is 33.0 Å². The Morgan fingerprint density at radius 1 is 1.02 bits per heavy atom. The highest BCUT2D eigenvalue weighted by atomic mass is 32.1. The molecule has 0 aromatic carbocycles. The number of alkyl carbamates (subject to hydrolysis) is 1. The number of esters is 1. The van der Waals surface area contributed by atoms with Crippen LogP contribution >= 0.6 is 11.3 Å². The Labute approximate surface area is 361 Å². The van der Waals surface area contributed by atoms with Crippen LogP contribution in [0, 0.1) is 23.7 Å². The molecular weight excluding hydrogens is 777 g/mol. The zero-order valence-electron chi connectivity index (χ0n) is 39.0. The molecule has 0 saturated carbocycles. The van der Waals surface area contributed by atoms with Crippen LogP contribution in [0.5, 0.6) is 0 Å².